The minimum atomic E-state index is -0.785. The van der Waals surface area contributed by atoms with Gasteiger partial charge in [0.1, 0.15) is 17.6 Å². The summed E-state index contributed by atoms with van der Waals surface area (Å²) >= 11 is 0. The Morgan fingerprint density at radius 1 is 1.12 bits per heavy atom. The van der Waals surface area contributed by atoms with Gasteiger partial charge in [-0.15, -0.1) is 6.58 Å². The second kappa shape index (κ2) is 11.9. The number of hydrogen-bond donors (Lipinski definition) is 0. The highest BCUT2D eigenvalue weighted by Crippen LogP contribution is 2.66. The van der Waals surface area contributed by atoms with E-state index in [0.717, 1.165) is 56.7 Å². The Morgan fingerprint density at radius 3 is 2.45 bits per heavy atom. The summed E-state index contributed by atoms with van der Waals surface area (Å²) in [6, 6.07) is 7.82. The zero-order chi connectivity index (χ0) is 30.3. The highest BCUT2D eigenvalue weighted by Gasteiger charge is 2.67. The predicted molar refractivity (Wildman–Crippen MR) is 165 cm³/mol. The van der Waals surface area contributed by atoms with Crippen molar-refractivity contribution < 1.29 is 23.8 Å². The number of carbonyl (C=O) groups excluding carboxylic acids is 2. The van der Waals surface area contributed by atoms with Crippen molar-refractivity contribution in [2.45, 2.75) is 78.4 Å². The van der Waals surface area contributed by atoms with Gasteiger partial charge in [-0.1, -0.05) is 51.1 Å². The fraction of sp³-hybridized carbons (Fsp3) is 0.667. The van der Waals surface area contributed by atoms with Crippen LogP contribution in [0.4, 0.5) is 0 Å². The molecule has 3 fully saturated rings. The summed E-state index contributed by atoms with van der Waals surface area (Å²) in [6.45, 7) is 15.7. The Balaban J connectivity index is 1.34. The number of nitrogens with zero attached hydrogens (tertiary/aromatic N) is 1. The zero-order valence-corrected chi connectivity index (χ0v) is 26.6. The van der Waals surface area contributed by atoms with Crippen LogP contribution in [-0.2, 0) is 25.5 Å². The first-order valence-corrected chi connectivity index (χ1v) is 16.0. The average molecular weight is 578 g/mol. The molecule has 1 aromatic rings. The van der Waals surface area contributed by atoms with Crippen LogP contribution < -0.4 is 4.74 Å². The Kier molecular flexibility index (Phi) is 8.80. The molecule has 42 heavy (non-hydrogen) atoms. The van der Waals surface area contributed by atoms with Crippen molar-refractivity contribution in [3.8, 4) is 5.75 Å². The van der Waals surface area contributed by atoms with Crippen molar-refractivity contribution in [1.82, 2.24) is 4.90 Å². The number of likely N-dealkylation sites (tertiary alicyclic amines) is 1. The molecule has 4 aliphatic rings. The number of esters is 1. The van der Waals surface area contributed by atoms with E-state index in [1.165, 1.54) is 0 Å². The lowest BCUT2D eigenvalue weighted by Crippen LogP contribution is -2.63. The summed E-state index contributed by atoms with van der Waals surface area (Å²) in [6.07, 6.45) is 10.5. The fourth-order valence-corrected chi connectivity index (χ4v) is 8.72. The Bertz CT molecular complexity index is 1190. The van der Waals surface area contributed by atoms with Gasteiger partial charge in [-0.05, 0) is 82.3 Å². The maximum absolute atomic E-state index is 14.1. The van der Waals surface area contributed by atoms with Crippen LogP contribution >= 0.6 is 0 Å². The third-order valence-electron chi connectivity index (χ3n) is 11.9. The molecular weight excluding hydrogens is 526 g/mol. The standard InChI is InChI=1S/C36H51NO5/c1-8-34(4)22-30(35(5)24(2)13-17-36(25(3)33(34)39)18-14-29(40-7)32(35)36)42-31(38)21-26-9-11-28(12-10-26)41-23-27-15-19-37(6)20-16-27/h8-12,14,18,24-25,27,29-30,32H,1,13,15-17,19-23H2,2-7H3/t24-,25+,29-,30-,32-,34-,35+,36+/m1/s1. The van der Waals surface area contributed by atoms with Crippen LogP contribution in [0.5, 0.6) is 5.75 Å². The Labute approximate surface area is 252 Å². The monoisotopic (exact) mass is 577 g/mol. The second-order valence-corrected chi connectivity index (χ2v) is 14.2. The molecule has 2 bridgehead atoms. The first-order chi connectivity index (χ1) is 20.0. The van der Waals surface area contributed by atoms with Crippen molar-refractivity contribution in [3.63, 3.8) is 0 Å². The number of carbonyl (C=O) groups is 2. The van der Waals surface area contributed by atoms with Crippen LogP contribution in [0.1, 0.15) is 65.4 Å². The van der Waals surface area contributed by atoms with Crippen molar-refractivity contribution in [2.75, 3.05) is 33.9 Å². The molecule has 0 unspecified atom stereocenters. The second-order valence-electron chi connectivity index (χ2n) is 14.2. The molecule has 1 heterocycles. The maximum Gasteiger partial charge on any atom is 0.310 e. The molecule has 0 spiro atoms. The third-order valence-corrected chi connectivity index (χ3v) is 11.9. The summed E-state index contributed by atoms with van der Waals surface area (Å²) in [7, 11) is 3.92. The smallest absolute Gasteiger partial charge is 0.310 e. The summed E-state index contributed by atoms with van der Waals surface area (Å²) in [4.78, 5) is 30.1. The lowest BCUT2D eigenvalue weighted by atomic mass is 9.44. The summed E-state index contributed by atoms with van der Waals surface area (Å²) in [5.41, 5.74) is -0.588. The fourth-order valence-electron chi connectivity index (χ4n) is 8.72. The van der Waals surface area contributed by atoms with Crippen molar-refractivity contribution in [1.29, 1.82) is 0 Å². The van der Waals surface area contributed by atoms with Gasteiger partial charge in [0.2, 0.25) is 0 Å². The number of ketones is 1. The van der Waals surface area contributed by atoms with Crippen LogP contribution in [0.25, 0.3) is 0 Å². The van der Waals surface area contributed by atoms with Gasteiger partial charge in [0.15, 0.2) is 0 Å². The van der Waals surface area contributed by atoms with Gasteiger partial charge in [-0.25, -0.2) is 0 Å². The first kappa shape index (κ1) is 31.0. The van der Waals surface area contributed by atoms with Crippen LogP contribution in [0.3, 0.4) is 0 Å². The summed E-state index contributed by atoms with van der Waals surface area (Å²) in [5.74, 6) is 1.50. The number of ether oxygens (including phenoxy) is 3. The number of methoxy groups -OCH3 is 1. The number of allylic oxidation sites excluding steroid dienone is 2. The molecule has 1 aromatic carbocycles. The molecule has 0 amide bonds. The topological polar surface area (TPSA) is 65.1 Å². The molecule has 3 aliphatic carbocycles. The van der Waals surface area contributed by atoms with Crippen LogP contribution in [-0.4, -0.2) is 62.7 Å². The van der Waals surface area contributed by atoms with Crippen molar-refractivity contribution >= 4 is 11.8 Å². The van der Waals surface area contributed by atoms with Gasteiger partial charge >= 0.3 is 5.97 Å². The predicted octanol–water partition coefficient (Wildman–Crippen LogP) is 6.29. The summed E-state index contributed by atoms with van der Waals surface area (Å²) in [5, 5.41) is 0. The van der Waals surface area contributed by atoms with Gasteiger partial charge in [0.25, 0.3) is 0 Å². The SMILES string of the molecule is C=C[C@]1(C)C[C@@H](OC(=O)Cc2ccc(OCC3CCN(C)CC3)cc2)[C@]2(C)[C@H](C)CC[C@]3(C=C[C@@H](OC)[C@@H]32)[C@@H](C)C1=O. The molecule has 0 N–H and O–H groups in total. The largest absolute Gasteiger partial charge is 0.493 e. The molecule has 6 heteroatoms. The molecule has 5 rings (SSSR count). The number of rotatable bonds is 8. The lowest BCUT2D eigenvalue weighted by molar-refractivity contribution is -0.200. The summed E-state index contributed by atoms with van der Waals surface area (Å²) < 4.78 is 18.6. The lowest BCUT2D eigenvalue weighted by Gasteiger charge is -2.61. The molecule has 1 aliphatic heterocycles. The van der Waals surface area contributed by atoms with E-state index in [-0.39, 0.29) is 46.9 Å². The molecule has 0 radical (unpaired) electrons. The van der Waals surface area contributed by atoms with E-state index in [4.69, 9.17) is 14.2 Å². The van der Waals surface area contributed by atoms with E-state index in [0.29, 0.717) is 18.3 Å². The van der Waals surface area contributed by atoms with Crippen molar-refractivity contribution in [3.05, 3.63) is 54.6 Å². The Morgan fingerprint density at radius 2 is 1.81 bits per heavy atom. The van der Waals surface area contributed by atoms with Gasteiger partial charge in [-0.2, -0.15) is 0 Å². The molecule has 6 nitrogen and oxygen atoms in total. The van der Waals surface area contributed by atoms with E-state index in [9.17, 15) is 9.59 Å². The number of Topliss-reactive ketones (excluding diaryl/α,β-unsaturated/α-hetero) is 1. The first-order valence-electron chi connectivity index (χ1n) is 16.0. The molecule has 1 saturated heterocycles. The number of hydrogen-bond acceptors (Lipinski definition) is 6. The molecular formula is C36H51NO5. The molecule has 230 valence electrons. The minimum absolute atomic E-state index is 0.0471. The van der Waals surface area contributed by atoms with E-state index in [2.05, 4.69) is 51.4 Å². The number of benzene rings is 1. The highest BCUT2D eigenvalue weighted by atomic mass is 16.5. The average Bonchev–Trinajstić information content (AvgIpc) is 3.39. The zero-order valence-electron chi connectivity index (χ0n) is 26.6. The van der Waals surface area contributed by atoms with Crippen LogP contribution in [0, 0.1) is 39.9 Å². The van der Waals surface area contributed by atoms with Gasteiger partial charge in [0, 0.05) is 41.6 Å². The normalized spacial score (nSPS) is 38.8. The third kappa shape index (κ3) is 5.38. The highest BCUT2D eigenvalue weighted by molar-refractivity contribution is 5.89. The van der Waals surface area contributed by atoms with E-state index < -0.39 is 11.5 Å². The molecule has 2 saturated carbocycles. The van der Waals surface area contributed by atoms with E-state index in [1.54, 1.807) is 13.2 Å². The van der Waals surface area contributed by atoms with Gasteiger partial charge in [0.05, 0.1) is 19.1 Å². The quantitative estimate of drug-likeness (QED) is 0.267. The van der Waals surface area contributed by atoms with Gasteiger partial charge in [-0.3, -0.25) is 9.59 Å². The Hall–Kier alpha value is -2.44. The van der Waals surface area contributed by atoms with E-state index in [1.807, 2.05) is 31.2 Å². The van der Waals surface area contributed by atoms with Crippen LogP contribution in [0.15, 0.2) is 49.1 Å². The molecule has 8 atom stereocenters. The van der Waals surface area contributed by atoms with Crippen LogP contribution in [0.2, 0.25) is 0 Å². The molecule has 0 aromatic heterocycles. The van der Waals surface area contributed by atoms with Gasteiger partial charge < -0.3 is 19.1 Å². The number of piperidine rings is 1. The maximum atomic E-state index is 14.1. The minimum Gasteiger partial charge on any atom is -0.493 e. The van der Waals surface area contributed by atoms with E-state index >= 15 is 0 Å². The van der Waals surface area contributed by atoms with Crippen molar-refractivity contribution in [2.24, 2.45) is 39.9 Å².